The fourth-order valence-electron chi connectivity index (χ4n) is 3.54. The second kappa shape index (κ2) is 6.12. The van der Waals surface area contributed by atoms with E-state index in [2.05, 4.69) is 9.80 Å². The summed E-state index contributed by atoms with van der Waals surface area (Å²) < 4.78 is 0. The minimum Gasteiger partial charge on any atom is -0.398 e. The summed E-state index contributed by atoms with van der Waals surface area (Å²) in [5, 5.41) is 10.4. The first kappa shape index (κ1) is 13.9. The Hall–Kier alpha value is -1.10. The van der Waals surface area contributed by atoms with Crippen LogP contribution in [0.3, 0.4) is 0 Å². The van der Waals surface area contributed by atoms with Crippen molar-refractivity contribution in [3.8, 4) is 0 Å². The minimum absolute atomic E-state index is 0.478. The van der Waals surface area contributed by atoms with Crippen LogP contribution in [0.2, 0.25) is 0 Å². The number of para-hydroxylation sites is 1. The van der Waals surface area contributed by atoms with Crippen molar-refractivity contribution in [1.29, 1.82) is 0 Å². The quantitative estimate of drug-likeness (QED) is 0.817. The van der Waals surface area contributed by atoms with E-state index in [9.17, 15) is 5.11 Å². The van der Waals surface area contributed by atoms with Crippen molar-refractivity contribution in [1.82, 2.24) is 9.80 Å². The maximum Gasteiger partial charge on any atom is 0.0936 e. The van der Waals surface area contributed by atoms with Crippen LogP contribution < -0.4 is 5.73 Å². The van der Waals surface area contributed by atoms with Gasteiger partial charge in [-0.3, -0.25) is 9.80 Å². The maximum absolute atomic E-state index is 10.4. The summed E-state index contributed by atoms with van der Waals surface area (Å²) in [6.45, 7) is 5.38. The van der Waals surface area contributed by atoms with E-state index in [1.54, 1.807) is 0 Å². The molecule has 2 heterocycles. The van der Waals surface area contributed by atoms with Gasteiger partial charge in [-0.15, -0.1) is 0 Å². The molecule has 1 aromatic rings. The average Bonchev–Trinajstić information content (AvgIpc) is 3.09. The van der Waals surface area contributed by atoms with Crippen LogP contribution in [0.4, 0.5) is 5.69 Å². The number of hydrogen-bond acceptors (Lipinski definition) is 4. The Morgan fingerprint density at radius 3 is 2.70 bits per heavy atom. The van der Waals surface area contributed by atoms with Crippen LogP contribution in [-0.2, 0) is 0 Å². The normalized spacial score (nSPS) is 26.1. The lowest BCUT2D eigenvalue weighted by molar-refractivity contribution is 0.121. The van der Waals surface area contributed by atoms with Gasteiger partial charge in [-0.25, -0.2) is 0 Å². The molecule has 2 saturated heterocycles. The van der Waals surface area contributed by atoms with Gasteiger partial charge >= 0.3 is 0 Å². The number of β-amino-alcohol motifs (C(OH)–C–C–N with tert-alkyl or cyclic N) is 1. The van der Waals surface area contributed by atoms with Gasteiger partial charge in [0, 0.05) is 30.4 Å². The van der Waals surface area contributed by atoms with E-state index in [-0.39, 0.29) is 0 Å². The molecule has 1 aromatic carbocycles. The number of nitrogen functional groups attached to an aromatic ring is 1. The molecule has 4 nitrogen and oxygen atoms in total. The highest BCUT2D eigenvalue weighted by atomic mass is 16.3. The van der Waals surface area contributed by atoms with E-state index < -0.39 is 6.10 Å². The third kappa shape index (κ3) is 2.97. The number of aliphatic hydroxyl groups is 1. The van der Waals surface area contributed by atoms with Crippen LogP contribution in [-0.4, -0.2) is 53.7 Å². The Kier molecular flexibility index (Phi) is 4.24. The Labute approximate surface area is 121 Å². The predicted molar refractivity (Wildman–Crippen MR) is 81.5 cm³/mol. The smallest absolute Gasteiger partial charge is 0.0936 e. The molecule has 2 unspecified atom stereocenters. The second-order valence-electron chi connectivity index (χ2n) is 6.09. The summed E-state index contributed by atoms with van der Waals surface area (Å²) >= 11 is 0. The minimum atomic E-state index is -0.478. The van der Waals surface area contributed by atoms with Crippen LogP contribution in [0.1, 0.15) is 30.9 Å². The van der Waals surface area contributed by atoms with Gasteiger partial charge in [0.25, 0.3) is 0 Å². The topological polar surface area (TPSA) is 52.7 Å². The molecular weight excluding hydrogens is 250 g/mol. The lowest BCUT2D eigenvalue weighted by Gasteiger charge is -2.25. The lowest BCUT2D eigenvalue weighted by atomic mass is 10.1. The highest BCUT2D eigenvalue weighted by Gasteiger charge is 2.30. The van der Waals surface area contributed by atoms with Gasteiger partial charge in [0.1, 0.15) is 0 Å². The van der Waals surface area contributed by atoms with E-state index in [0.29, 0.717) is 18.3 Å². The van der Waals surface area contributed by atoms with Gasteiger partial charge in [0.05, 0.1) is 6.10 Å². The molecule has 2 atom stereocenters. The third-order valence-electron chi connectivity index (χ3n) is 4.69. The molecule has 2 fully saturated rings. The van der Waals surface area contributed by atoms with E-state index in [1.165, 1.54) is 32.4 Å². The van der Waals surface area contributed by atoms with E-state index in [0.717, 1.165) is 18.7 Å². The number of anilines is 1. The van der Waals surface area contributed by atoms with Crippen molar-refractivity contribution in [3.63, 3.8) is 0 Å². The van der Waals surface area contributed by atoms with Crippen molar-refractivity contribution in [3.05, 3.63) is 29.8 Å². The summed E-state index contributed by atoms with van der Waals surface area (Å²) in [4.78, 5) is 4.99. The number of rotatable bonds is 4. The lowest BCUT2D eigenvalue weighted by Crippen LogP contribution is -2.36. The summed E-state index contributed by atoms with van der Waals surface area (Å²) in [5.74, 6) is 0. The van der Waals surface area contributed by atoms with Gasteiger partial charge in [-0.1, -0.05) is 18.2 Å². The molecule has 0 aromatic heterocycles. The van der Waals surface area contributed by atoms with E-state index in [4.69, 9.17) is 5.73 Å². The zero-order valence-corrected chi connectivity index (χ0v) is 12.0. The van der Waals surface area contributed by atoms with Crippen molar-refractivity contribution < 1.29 is 5.11 Å². The zero-order chi connectivity index (χ0) is 13.9. The molecule has 2 aliphatic rings. The number of likely N-dealkylation sites (tertiary alicyclic amines) is 2. The van der Waals surface area contributed by atoms with Crippen molar-refractivity contribution in [2.24, 2.45) is 0 Å². The first-order valence-corrected chi connectivity index (χ1v) is 7.73. The summed E-state index contributed by atoms with van der Waals surface area (Å²) in [5.41, 5.74) is 7.48. The summed E-state index contributed by atoms with van der Waals surface area (Å²) in [7, 11) is 0. The van der Waals surface area contributed by atoms with Crippen LogP contribution in [0, 0.1) is 0 Å². The fraction of sp³-hybridized carbons (Fsp3) is 0.625. The van der Waals surface area contributed by atoms with Gasteiger partial charge in [0.2, 0.25) is 0 Å². The van der Waals surface area contributed by atoms with Crippen molar-refractivity contribution in [2.45, 2.75) is 31.4 Å². The Morgan fingerprint density at radius 1 is 1.20 bits per heavy atom. The molecule has 0 saturated carbocycles. The molecule has 110 valence electrons. The molecule has 3 N–H and O–H groups in total. The number of nitrogens with two attached hydrogens (primary N) is 1. The largest absolute Gasteiger partial charge is 0.398 e. The van der Waals surface area contributed by atoms with Crippen LogP contribution >= 0.6 is 0 Å². The molecule has 3 rings (SSSR count). The molecule has 4 heteroatoms. The number of hydrogen-bond donors (Lipinski definition) is 2. The molecule has 20 heavy (non-hydrogen) atoms. The van der Waals surface area contributed by atoms with Gasteiger partial charge in [-0.2, -0.15) is 0 Å². The maximum atomic E-state index is 10.4. The van der Waals surface area contributed by atoms with E-state index in [1.807, 2.05) is 24.3 Å². The molecule has 0 aliphatic carbocycles. The third-order valence-corrected chi connectivity index (χ3v) is 4.69. The van der Waals surface area contributed by atoms with Crippen molar-refractivity contribution >= 4 is 5.69 Å². The molecule has 2 aliphatic heterocycles. The van der Waals surface area contributed by atoms with Gasteiger partial charge in [0.15, 0.2) is 0 Å². The summed E-state index contributed by atoms with van der Waals surface area (Å²) in [6, 6.07) is 8.32. The monoisotopic (exact) mass is 275 g/mol. The SMILES string of the molecule is Nc1ccccc1C(O)CN1CCC(N2CCCC2)C1. The Balaban J connectivity index is 1.55. The molecule has 0 bridgehead atoms. The molecule has 0 amide bonds. The summed E-state index contributed by atoms with van der Waals surface area (Å²) in [6.07, 6.45) is 3.45. The molecule has 0 radical (unpaired) electrons. The number of nitrogens with zero attached hydrogens (tertiary/aromatic N) is 2. The standard InChI is InChI=1S/C16H25N3O/c17-15-6-2-1-5-14(15)16(20)12-18-10-7-13(11-18)19-8-3-4-9-19/h1-2,5-6,13,16,20H,3-4,7-12,17H2. The molecule has 0 spiro atoms. The highest BCUT2D eigenvalue weighted by Crippen LogP contribution is 2.25. The second-order valence-corrected chi connectivity index (χ2v) is 6.09. The number of aliphatic hydroxyl groups excluding tert-OH is 1. The Morgan fingerprint density at radius 2 is 1.95 bits per heavy atom. The van der Waals surface area contributed by atoms with E-state index >= 15 is 0 Å². The molecular formula is C16H25N3O. The fourth-order valence-corrected chi connectivity index (χ4v) is 3.54. The van der Waals surface area contributed by atoms with Crippen LogP contribution in [0.25, 0.3) is 0 Å². The van der Waals surface area contributed by atoms with Gasteiger partial charge in [-0.05, 0) is 45.0 Å². The number of benzene rings is 1. The van der Waals surface area contributed by atoms with Gasteiger partial charge < -0.3 is 10.8 Å². The average molecular weight is 275 g/mol. The zero-order valence-electron chi connectivity index (χ0n) is 12.0. The van der Waals surface area contributed by atoms with Crippen LogP contribution in [0.15, 0.2) is 24.3 Å². The highest BCUT2D eigenvalue weighted by molar-refractivity contribution is 5.47. The van der Waals surface area contributed by atoms with Crippen LogP contribution in [0.5, 0.6) is 0 Å². The van der Waals surface area contributed by atoms with Crippen molar-refractivity contribution in [2.75, 3.05) is 38.5 Å². The Bertz CT molecular complexity index is 445. The predicted octanol–water partition coefficient (Wildman–Crippen LogP) is 1.47. The first-order valence-electron chi connectivity index (χ1n) is 7.73. The first-order chi connectivity index (χ1) is 9.74.